The van der Waals surface area contributed by atoms with Gasteiger partial charge in [0.05, 0.1) is 24.2 Å². The van der Waals surface area contributed by atoms with Crippen molar-refractivity contribution in [1.29, 1.82) is 0 Å². The summed E-state index contributed by atoms with van der Waals surface area (Å²) in [7, 11) is 1.53. The zero-order chi connectivity index (χ0) is 16.7. The first-order valence-corrected chi connectivity index (χ1v) is 7.26. The number of hydrogen-bond donors (Lipinski definition) is 2. The predicted molar refractivity (Wildman–Crippen MR) is 86.4 cm³/mol. The first-order chi connectivity index (χ1) is 11.1. The molecule has 1 heterocycles. The molecule has 120 valence electrons. The molecule has 0 bridgehead atoms. The number of nitrogens with zero attached hydrogens (tertiary/aromatic N) is 1. The molecule has 0 saturated carbocycles. The van der Waals surface area contributed by atoms with E-state index in [1.165, 1.54) is 7.11 Å². The highest BCUT2D eigenvalue weighted by molar-refractivity contribution is 6.33. The number of halogens is 1. The van der Waals surface area contributed by atoms with E-state index >= 15 is 0 Å². The third-order valence-corrected chi connectivity index (χ3v) is 3.35. The molecule has 2 rings (SSSR count). The Morgan fingerprint density at radius 2 is 1.96 bits per heavy atom. The average molecular weight is 334 g/mol. The lowest BCUT2D eigenvalue weighted by Crippen LogP contribution is -2.36. The number of carbonyl (C=O) groups excluding carboxylic acids is 2. The maximum atomic E-state index is 11.9. The van der Waals surface area contributed by atoms with Gasteiger partial charge in [0.2, 0.25) is 11.8 Å². The number of aromatic nitrogens is 1. The fraction of sp³-hybridized carbons (Fsp3) is 0.188. The molecule has 6 nitrogen and oxygen atoms in total. The molecule has 0 radical (unpaired) electrons. The minimum absolute atomic E-state index is 0.131. The summed E-state index contributed by atoms with van der Waals surface area (Å²) >= 11 is 5.92. The Hall–Kier alpha value is -2.60. The summed E-state index contributed by atoms with van der Waals surface area (Å²) in [6.45, 7) is 0.186. The number of ether oxygens (including phenoxy) is 1. The van der Waals surface area contributed by atoms with Crippen molar-refractivity contribution in [3.63, 3.8) is 0 Å². The summed E-state index contributed by atoms with van der Waals surface area (Å²) in [5, 5.41) is 5.56. The van der Waals surface area contributed by atoms with E-state index in [2.05, 4.69) is 15.6 Å². The molecule has 2 amide bonds. The maximum absolute atomic E-state index is 11.9. The zero-order valence-corrected chi connectivity index (χ0v) is 13.3. The fourth-order valence-electron chi connectivity index (χ4n) is 1.80. The van der Waals surface area contributed by atoms with Crippen LogP contribution in [0.1, 0.15) is 15.9 Å². The van der Waals surface area contributed by atoms with E-state index < -0.39 is 5.91 Å². The number of hydrogen-bond acceptors (Lipinski definition) is 4. The van der Waals surface area contributed by atoms with Crippen LogP contribution in [0, 0.1) is 0 Å². The second kappa shape index (κ2) is 8.14. The van der Waals surface area contributed by atoms with Crippen LogP contribution >= 0.6 is 11.6 Å². The van der Waals surface area contributed by atoms with Crippen LogP contribution < -0.4 is 15.4 Å². The number of rotatable bonds is 6. The van der Waals surface area contributed by atoms with Gasteiger partial charge in [-0.25, -0.2) is 4.98 Å². The van der Waals surface area contributed by atoms with E-state index in [1.807, 2.05) is 0 Å². The molecule has 23 heavy (non-hydrogen) atoms. The zero-order valence-electron chi connectivity index (χ0n) is 12.5. The van der Waals surface area contributed by atoms with Crippen molar-refractivity contribution in [1.82, 2.24) is 15.6 Å². The quantitative estimate of drug-likeness (QED) is 0.844. The Morgan fingerprint density at radius 3 is 2.61 bits per heavy atom. The summed E-state index contributed by atoms with van der Waals surface area (Å²) in [4.78, 5) is 27.7. The van der Waals surface area contributed by atoms with E-state index in [4.69, 9.17) is 16.3 Å². The topological polar surface area (TPSA) is 80.3 Å². The number of benzene rings is 1. The van der Waals surface area contributed by atoms with Gasteiger partial charge in [0.15, 0.2) is 0 Å². The van der Waals surface area contributed by atoms with Crippen LogP contribution in [-0.4, -0.2) is 30.5 Å². The first kappa shape index (κ1) is 16.8. The summed E-state index contributed by atoms with van der Waals surface area (Å²) in [6, 6.07) is 10.2. The molecule has 0 spiro atoms. The van der Waals surface area contributed by atoms with E-state index in [-0.39, 0.29) is 12.5 Å². The van der Waals surface area contributed by atoms with Gasteiger partial charge in [0.1, 0.15) is 0 Å². The van der Waals surface area contributed by atoms with Gasteiger partial charge in [0, 0.05) is 18.8 Å². The van der Waals surface area contributed by atoms with Crippen molar-refractivity contribution in [2.24, 2.45) is 0 Å². The highest BCUT2D eigenvalue weighted by atomic mass is 35.5. The first-order valence-electron chi connectivity index (χ1n) is 6.88. The van der Waals surface area contributed by atoms with Gasteiger partial charge in [-0.3, -0.25) is 9.59 Å². The van der Waals surface area contributed by atoms with Crippen molar-refractivity contribution >= 4 is 23.4 Å². The van der Waals surface area contributed by atoms with Crippen molar-refractivity contribution in [2.75, 3.05) is 13.7 Å². The summed E-state index contributed by atoms with van der Waals surface area (Å²) in [6.07, 6.45) is 1.61. The Balaban J connectivity index is 1.78. The number of methoxy groups -OCH3 is 1. The number of pyridine rings is 1. The van der Waals surface area contributed by atoms with E-state index in [0.29, 0.717) is 23.0 Å². The Labute approximate surface area is 138 Å². The molecule has 0 fully saturated rings. The second-order valence-corrected chi connectivity index (χ2v) is 5.06. The minimum Gasteiger partial charge on any atom is -0.481 e. The van der Waals surface area contributed by atoms with Gasteiger partial charge >= 0.3 is 0 Å². The van der Waals surface area contributed by atoms with Gasteiger partial charge in [-0.05, 0) is 17.7 Å². The van der Waals surface area contributed by atoms with E-state index in [1.54, 1.807) is 42.6 Å². The summed E-state index contributed by atoms with van der Waals surface area (Å²) < 4.78 is 4.95. The molecule has 0 aliphatic rings. The van der Waals surface area contributed by atoms with Crippen molar-refractivity contribution in [3.05, 3.63) is 58.7 Å². The highest BCUT2D eigenvalue weighted by Gasteiger charge is 2.10. The summed E-state index contributed by atoms with van der Waals surface area (Å²) in [5.74, 6) is -0.190. The molecule has 0 unspecified atom stereocenters. The van der Waals surface area contributed by atoms with Crippen LogP contribution in [0.2, 0.25) is 5.02 Å². The van der Waals surface area contributed by atoms with Crippen LogP contribution in [0.5, 0.6) is 5.88 Å². The normalized spacial score (nSPS) is 10.0. The summed E-state index contributed by atoms with van der Waals surface area (Å²) in [5.41, 5.74) is 1.16. The van der Waals surface area contributed by atoms with Gasteiger partial charge < -0.3 is 15.4 Å². The molecule has 2 N–H and O–H groups in total. The molecule has 0 saturated heterocycles. The number of nitrogens with one attached hydrogen (secondary N) is 2. The standard InChI is InChI=1S/C16H16ClN3O3/c1-23-15-7-6-11(9-19-15)8-18-14(21)10-20-16(22)12-4-2-3-5-13(12)17/h2-7,9H,8,10H2,1H3,(H,18,21)(H,20,22). The lowest BCUT2D eigenvalue weighted by atomic mass is 10.2. The van der Waals surface area contributed by atoms with Gasteiger partial charge in [0.25, 0.3) is 5.91 Å². The minimum atomic E-state index is -0.392. The van der Waals surface area contributed by atoms with Crippen molar-refractivity contribution in [2.45, 2.75) is 6.54 Å². The van der Waals surface area contributed by atoms with Crippen LogP contribution in [0.3, 0.4) is 0 Å². The molecule has 1 aromatic carbocycles. The maximum Gasteiger partial charge on any atom is 0.253 e. The molecule has 1 aromatic heterocycles. The average Bonchev–Trinajstić information content (AvgIpc) is 2.58. The van der Waals surface area contributed by atoms with Gasteiger partial charge in [-0.1, -0.05) is 29.8 Å². The molecule has 7 heteroatoms. The van der Waals surface area contributed by atoms with Crippen molar-refractivity contribution in [3.8, 4) is 5.88 Å². The monoisotopic (exact) mass is 333 g/mol. The molecular formula is C16H16ClN3O3. The highest BCUT2D eigenvalue weighted by Crippen LogP contribution is 2.14. The molecule has 0 aliphatic carbocycles. The molecule has 0 aliphatic heterocycles. The van der Waals surface area contributed by atoms with Crippen LogP contribution in [-0.2, 0) is 11.3 Å². The second-order valence-electron chi connectivity index (χ2n) is 4.65. The van der Waals surface area contributed by atoms with Crippen molar-refractivity contribution < 1.29 is 14.3 Å². The number of carbonyl (C=O) groups is 2. The lowest BCUT2D eigenvalue weighted by Gasteiger charge is -2.08. The molecule has 0 atom stereocenters. The Morgan fingerprint density at radius 1 is 1.17 bits per heavy atom. The van der Waals surface area contributed by atoms with Crippen LogP contribution in [0.25, 0.3) is 0 Å². The van der Waals surface area contributed by atoms with E-state index in [9.17, 15) is 9.59 Å². The van der Waals surface area contributed by atoms with Gasteiger partial charge in [-0.15, -0.1) is 0 Å². The van der Waals surface area contributed by atoms with Crippen LogP contribution in [0.4, 0.5) is 0 Å². The smallest absolute Gasteiger partial charge is 0.253 e. The molecule has 2 aromatic rings. The predicted octanol–water partition coefficient (Wildman–Crippen LogP) is 1.79. The largest absolute Gasteiger partial charge is 0.481 e. The Kier molecular flexibility index (Phi) is 5.94. The number of amides is 2. The third kappa shape index (κ3) is 4.96. The van der Waals surface area contributed by atoms with Gasteiger partial charge in [-0.2, -0.15) is 0 Å². The SMILES string of the molecule is COc1ccc(CNC(=O)CNC(=O)c2ccccc2Cl)cn1. The fourth-order valence-corrected chi connectivity index (χ4v) is 2.02. The Bertz CT molecular complexity index is 689. The molecular weight excluding hydrogens is 318 g/mol. The van der Waals surface area contributed by atoms with Crippen LogP contribution in [0.15, 0.2) is 42.6 Å². The lowest BCUT2D eigenvalue weighted by molar-refractivity contribution is -0.120. The van der Waals surface area contributed by atoms with E-state index in [0.717, 1.165) is 5.56 Å². The third-order valence-electron chi connectivity index (χ3n) is 3.02.